The predicted octanol–water partition coefficient (Wildman–Crippen LogP) is 6.00. The summed E-state index contributed by atoms with van der Waals surface area (Å²) in [4.78, 5) is 25.1. The molecule has 2 aromatic rings. The average molecular weight is 512 g/mol. The number of carbonyl (C=O) groups excluding carboxylic acids is 2. The fourth-order valence-electron chi connectivity index (χ4n) is 4.42. The fraction of sp³-hybridized carbons (Fsp3) is 0.333. The van der Waals surface area contributed by atoms with Gasteiger partial charge in [-0.05, 0) is 49.1 Å². The molecular weight excluding hydrogens is 483 g/mol. The lowest BCUT2D eigenvalue weighted by Crippen LogP contribution is -2.41. The molecule has 0 N–H and O–H groups in total. The Labute approximate surface area is 210 Å². The summed E-state index contributed by atoms with van der Waals surface area (Å²) in [6.07, 6.45) is 3.10. The van der Waals surface area contributed by atoms with E-state index in [1.165, 1.54) is 6.08 Å². The average Bonchev–Trinajstić information content (AvgIpc) is 3.26. The zero-order chi connectivity index (χ0) is 25.8. The number of esters is 2. The topological polar surface area (TPSA) is 97.4 Å². The minimum atomic E-state index is -4.33. The molecule has 190 valence electrons. The van der Waals surface area contributed by atoms with Crippen LogP contribution in [0.5, 0.6) is 11.5 Å². The Balaban J connectivity index is 1.77. The van der Waals surface area contributed by atoms with Crippen molar-refractivity contribution < 1.29 is 37.2 Å². The van der Waals surface area contributed by atoms with E-state index >= 15 is 0 Å². The summed E-state index contributed by atoms with van der Waals surface area (Å²) in [5, 5.41) is 0. The molecule has 1 heterocycles. The Kier molecular flexibility index (Phi) is 7.55. The lowest BCUT2D eigenvalue weighted by Gasteiger charge is -2.42. The molecule has 0 radical (unpaired) electrons. The molecule has 0 bridgehead atoms. The highest BCUT2D eigenvalue weighted by Gasteiger charge is 2.49. The fourth-order valence-corrected chi connectivity index (χ4v) is 5.75. The van der Waals surface area contributed by atoms with Crippen LogP contribution in [0.15, 0.2) is 84.1 Å². The molecule has 0 saturated heterocycles. The number of phosphoric acid groups is 1. The van der Waals surface area contributed by atoms with Gasteiger partial charge in [0.05, 0.1) is 12.2 Å². The van der Waals surface area contributed by atoms with Gasteiger partial charge in [0.2, 0.25) is 0 Å². The van der Waals surface area contributed by atoms with E-state index in [9.17, 15) is 14.2 Å². The largest absolute Gasteiger partial charge is 0.646 e. The number of ether oxygens (including phenoxy) is 2. The molecule has 2 aromatic carbocycles. The number of hydrogen-bond donors (Lipinski definition) is 0. The van der Waals surface area contributed by atoms with E-state index < -0.39 is 37.2 Å². The minimum Gasteiger partial charge on any atom is -0.463 e. The van der Waals surface area contributed by atoms with E-state index in [0.717, 1.165) is 0 Å². The number of phosphoric ester groups is 1. The van der Waals surface area contributed by atoms with Gasteiger partial charge in [-0.3, -0.25) is 0 Å². The number of hydrogen-bond acceptors (Lipinski definition) is 8. The molecule has 0 aromatic heterocycles. The predicted molar refractivity (Wildman–Crippen MR) is 132 cm³/mol. The third-order valence-corrected chi connectivity index (χ3v) is 7.40. The Morgan fingerprint density at radius 2 is 1.58 bits per heavy atom. The van der Waals surface area contributed by atoms with Gasteiger partial charge in [0.15, 0.2) is 0 Å². The maximum atomic E-state index is 14.0. The second-order valence-corrected chi connectivity index (χ2v) is 10.6. The van der Waals surface area contributed by atoms with Crippen LogP contribution in [0.25, 0.3) is 0 Å². The molecule has 0 saturated carbocycles. The van der Waals surface area contributed by atoms with Gasteiger partial charge >= 0.3 is 19.8 Å². The summed E-state index contributed by atoms with van der Waals surface area (Å²) in [5.74, 6) is -1.04. The highest BCUT2D eigenvalue weighted by molar-refractivity contribution is 7.49. The van der Waals surface area contributed by atoms with Crippen LogP contribution in [0.3, 0.4) is 0 Å². The minimum absolute atomic E-state index is 0.127. The van der Waals surface area contributed by atoms with Crippen molar-refractivity contribution in [3.63, 3.8) is 0 Å². The van der Waals surface area contributed by atoms with Gasteiger partial charge in [0, 0.05) is 18.4 Å². The van der Waals surface area contributed by atoms with Crippen molar-refractivity contribution in [1.82, 2.24) is 0 Å². The van der Waals surface area contributed by atoms with Crippen LogP contribution in [0.4, 0.5) is 0 Å². The summed E-state index contributed by atoms with van der Waals surface area (Å²) in [6, 6.07) is 17.0. The van der Waals surface area contributed by atoms with E-state index in [4.69, 9.17) is 23.0 Å². The van der Waals surface area contributed by atoms with Gasteiger partial charge in [-0.15, -0.1) is 0 Å². The molecule has 36 heavy (non-hydrogen) atoms. The zero-order valence-corrected chi connectivity index (χ0v) is 21.3. The molecule has 0 spiro atoms. The van der Waals surface area contributed by atoms with Crippen molar-refractivity contribution in [2.24, 2.45) is 11.3 Å². The maximum absolute atomic E-state index is 14.0. The summed E-state index contributed by atoms with van der Waals surface area (Å²) < 4.78 is 42.4. The van der Waals surface area contributed by atoms with Crippen LogP contribution in [0.1, 0.15) is 33.6 Å². The van der Waals surface area contributed by atoms with Gasteiger partial charge in [0.25, 0.3) is 0 Å². The molecular formula is C27H29O8P. The molecule has 8 nitrogen and oxygen atoms in total. The lowest BCUT2D eigenvalue weighted by molar-refractivity contribution is -0.146. The van der Waals surface area contributed by atoms with Crippen LogP contribution < -0.4 is 9.05 Å². The van der Waals surface area contributed by atoms with Crippen molar-refractivity contribution >= 4 is 19.8 Å². The van der Waals surface area contributed by atoms with E-state index in [1.54, 1.807) is 73.7 Å². The summed E-state index contributed by atoms with van der Waals surface area (Å²) >= 11 is 0. The lowest BCUT2D eigenvalue weighted by atomic mass is 9.65. The number of rotatable bonds is 9. The molecule has 0 amide bonds. The number of para-hydroxylation sites is 2. The van der Waals surface area contributed by atoms with Crippen LogP contribution in [0.2, 0.25) is 0 Å². The molecule has 1 aliphatic heterocycles. The number of cyclic esters (lactones) is 1. The molecule has 2 unspecified atom stereocenters. The zero-order valence-electron chi connectivity index (χ0n) is 20.4. The van der Waals surface area contributed by atoms with Crippen molar-refractivity contribution in [3.05, 3.63) is 84.1 Å². The molecule has 2 aliphatic rings. The van der Waals surface area contributed by atoms with Crippen molar-refractivity contribution in [3.8, 4) is 11.5 Å². The molecule has 1 aliphatic carbocycles. The normalized spacial score (nSPS) is 21.0. The van der Waals surface area contributed by atoms with E-state index in [0.29, 0.717) is 6.42 Å². The quantitative estimate of drug-likeness (QED) is 0.298. The Morgan fingerprint density at radius 3 is 2.08 bits per heavy atom. The first kappa shape index (κ1) is 25.6. The van der Waals surface area contributed by atoms with E-state index in [1.807, 2.05) is 13.8 Å². The third kappa shape index (κ3) is 5.82. The number of carbonyl (C=O) groups is 2. The Morgan fingerprint density at radius 1 is 1.00 bits per heavy atom. The third-order valence-electron chi connectivity index (χ3n) is 6.09. The number of benzene rings is 2. The van der Waals surface area contributed by atoms with Crippen LogP contribution in [-0.4, -0.2) is 24.6 Å². The van der Waals surface area contributed by atoms with Crippen molar-refractivity contribution in [2.75, 3.05) is 6.61 Å². The molecule has 2 atom stereocenters. The monoisotopic (exact) mass is 512 g/mol. The van der Waals surface area contributed by atoms with Gasteiger partial charge in [-0.25, -0.2) is 9.59 Å². The SMILES string of the molecule is CCOC(=O)C1=C(OP(=O)(Oc2ccccc2)Oc2ccccc2)CCC(C)(C)C1C1C=CC(=O)O1. The summed E-state index contributed by atoms with van der Waals surface area (Å²) in [5.41, 5.74) is -0.301. The van der Waals surface area contributed by atoms with E-state index in [-0.39, 0.29) is 35.9 Å². The maximum Gasteiger partial charge on any atom is 0.646 e. The highest BCUT2D eigenvalue weighted by atomic mass is 31.2. The standard InChI is InChI=1S/C27H29O8P/c1-4-31-26(29)24-21(17-18-27(2,3)25(24)22-15-16-23(28)32-22)35-36(30,33-19-11-7-5-8-12-19)34-20-13-9-6-10-14-20/h5-16,22,25H,4,17-18H2,1-3H3. The molecule has 4 rings (SSSR count). The highest BCUT2D eigenvalue weighted by Crippen LogP contribution is 2.56. The van der Waals surface area contributed by atoms with Gasteiger partial charge < -0.3 is 23.0 Å². The molecule has 9 heteroatoms. The Hall–Kier alpha value is -3.51. The van der Waals surface area contributed by atoms with Crippen LogP contribution in [0, 0.1) is 11.3 Å². The first-order chi connectivity index (χ1) is 17.2. The van der Waals surface area contributed by atoms with Gasteiger partial charge in [0.1, 0.15) is 23.4 Å². The Bertz CT molecular complexity index is 1160. The van der Waals surface area contributed by atoms with Crippen LogP contribution >= 0.6 is 7.82 Å². The smallest absolute Gasteiger partial charge is 0.463 e. The van der Waals surface area contributed by atoms with Gasteiger partial charge in [-0.1, -0.05) is 50.2 Å². The second kappa shape index (κ2) is 10.6. The van der Waals surface area contributed by atoms with Gasteiger partial charge in [-0.2, -0.15) is 4.57 Å². The summed E-state index contributed by atoms with van der Waals surface area (Å²) in [6.45, 7) is 5.78. The first-order valence-electron chi connectivity index (χ1n) is 11.8. The first-order valence-corrected chi connectivity index (χ1v) is 13.2. The summed E-state index contributed by atoms with van der Waals surface area (Å²) in [7, 11) is -4.33. The van der Waals surface area contributed by atoms with E-state index in [2.05, 4.69) is 0 Å². The van der Waals surface area contributed by atoms with Crippen molar-refractivity contribution in [1.29, 1.82) is 0 Å². The second-order valence-electron chi connectivity index (χ2n) is 9.13. The molecule has 0 fully saturated rings. The van der Waals surface area contributed by atoms with Crippen molar-refractivity contribution in [2.45, 2.75) is 39.7 Å². The van der Waals surface area contributed by atoms with Crippen LogP contribution in [-0.2, 0) is 28.2 Å². The number of allylic oxidation sites excluding steroid dienone is 1.